The normalized spacial score (nSPS) is 15.5. The van der Waals surface area contributed by atoms with Gasteiger partial charge in [-0.15, -0.1) is 11.3 Å². The largest absolute Gasteiger partial charge is 0.337 e. The predicted molar refractivity (Wildman–Crippen MR) is 91.9 cm³/mol. The highest BCUT2D eigenvalue weighted by Crippen LogP contribution is 2.23. The number of carbonyl (C=O) groups is 1. The van der Waals surface area contributed by atoms with Crippen LogP contribution in [0.1, 0.15) is 4.88 Å². The van der Waals surface area contributed by atoms with Crippen molar-refractivity contribution >= 4 is 45.2 Å². The lowest BCUT2D eigenvalue weighted by atomic mass is 10.3. The Labute approximate surface area is 141 Å². The van der Waals surface area contributed by atoms with Gasteiger partial charge in [-0.3, -0.25) is 4.79 Å². The number of anilines is 1. The van der Waals surface area contributed by atoms with E-state index in [0.29, 0.717) is 13.1 Å². The number of hydrogen-bond acceptors (Lipinski definition) is 5. The third-order valence-corrected chi connectivity index (χ3v) is 5.00. The van der Waals surface area contributed by atoms with Crippen LogP contribution in [0.3, 0.4) is 0 Å². The molecule has 0 saturated carbocycles. The Morgan fingerprint density at radius 3 is 2.55 bits per heavy atom. The maximum Gasteiger partial charge on any atom is 0.246 e. The minimum Gasteiger partial charge on any atom is -0.337 e. The van der Waals surface area contributed by atoms with E-state index in [9.17, 15) is 4.79 Å². The lowest BCUT2D eigenvalue weighted by molar-refractivity contribution is -0.126. The topological polar surface area (TPSA) is 49.3 Å². The maximum absolute atomic E-state index is 12.2. The molecule has 0 N–H and O–H groups in total. The van der Waals surface area contributed by atoms with Gasteiger partial charge in [0.05, 0.1) is 3.79 Å². The van der Waals surface area contributed by atoms with Gasteiger partial charge in [0.1, 0.15) is 0 Å². The van der Waals surface area contributed by atoms with E-state index in [1.807, 2.05) is 23.1 Å². The van der Waals surface area contributed by atoms with Gasteiger partial charge in [0.15, 0.2) is 0 Å². The van der Waals surface area contributed by atoms with E-state index in [4.69, 9.17) is 0 Å². The van der Waals surface area contributed by atoms with Crippen molar-refractivity contribution in [3.63, 3.8) is 0 Å². The van der Waals surface area contributed by atoms with Crippen LogP contribution < -0.4 is 4.90 Å². The zero-order chi connectivity index (χ0) is 15.4. The lowest BCUT2D eigenvalue weighted by Gasteiger charge is -2.34. The molecule has 1 aliphatic rings. The van der Waals surface area contributed by atoms with Gasteiger partial charge >= 0.3 is 0 Å². The second kappa shape index (κ2) is 7.02. The van der Waals surface area contributed by atoms with E-state index in [2.05, 4.69) is 30.8 Å². The van der Waals surface area contributed by atoms with Crippen LogP contribution in [0.25, 0.3) is 6.08 Å². The van der Waals surface area contributed by atoms with Crippen LogP contribution in [0, 0.1) is 0 Å². The van der Waals surface area contributed by atoms with Crippen LogP contribution in [0.4, 0.5) is 5.95 Å². The van der Waals surface area contributed by atoms with Crippen molar-refractivity contribution in [3.8, 4) is 0 Å². The number of halogens is 1. The van der Waals surface area contributed by atoms with Crippen molar-refractivity contribution in [2.75, 3.05) is 31.1 Å². The summed E-state index contributed by atoms with van der Waals surface area (Å²) in [5, 5.41) is 0. The first-order valence-corrected chi connectivity index (χ1v) is 8.57. The van der Waals surface area contributed by atoms with Crippen molar-refractivity contribution in [2.45, 2.75) is 0 Å². The Kier molecular flexibility index (Phi) is 4.84. The third kappa shape index (κ3) is 3.72. The molecule has 0 radical (unpaired) electrons. The minimum absolute atomic E-state index is 0.0538. The summed E-state index contributed by atoms with van der Waals surface area (Å²) in [5.74, 6) is 0.784. The highest BCUT2D eigenvalue weighted by atomic mass is 79.9. The van der Waals surface area contributed by atoms with E-state index < -0.39 is 0 Å². The Hall–Kier alpha value is -1.73. The van der Waals surface area contributed by atoms with Crippen molar-refractivity contribution in [1.29, 1.82) is 0 Å². The van der Waals surface area contributed by atoms with Crippen LogP contribution in [-0.2, 0) is 4.79 Å². The van der Waals surface area contributed by atoms with Gasteiger partial charge in [-0.2, -0.15) is 0 Å². The summed E-state index contributed by atoms with van der Waals surface area (Å²) in [4.78, 5) is 25.7. The molecule has 0 aromatic carbocycles. The summed E-state index contributed by atoms with van der Waals surface area (Å²) in [6, 6.07) is 5.77. The van der Waals surface area contributed by atoms with Crippen molar-refractivity contribution in [3.05, 3.63) is 45.3 Å². The molecule has 0 bridgehead atoms. The molecule has 5 nitrogen and oxygen atoms in total. The van der Waals surface area contributed by atoms with Crippen LogP contribution >= 0.6 is 27.3 Å². The van der Waals surface area contributed by atoms with E-state index >= 15 is 0 Å². The molecule has 1 fully saturated rings. The highest BCUT2D eigenvalue weighted by molar-refractivity contribution is 9.11. The van der Waals surface area contributed by atoms with E-state index in [1.165, 1.54) is 0 Å². The summed E-state index contributed by atoms with van der Waals surface area (Å²) in [6.45, 7) is 2.90. The van der Waals surface area contributed by atoms with Crippen LogP contribution in [0.2, 0.25) is 0 Å². The number of hydrogen-bond donors (Lipinski definition) is 0. The van der Waals surface area contributed by atoms with Gasteiger partial charge in [0, 0.05) is 49.5 Å². The molecule has 0 unspecified atom stereocenters. The Morgan fingerprint density at radius 2 is 1.91 bits per heavy atom. The van der Waals surface area contributed by atoms with Gasteiger partial charge in [-0.05, 0) is 40.2 Å². The molecular formula is C15H15BrN4OS. The number of nitrogens with zero attached hydrogens (tertiary/aromatic N) is 4. The summed E-state index contributed by atoms with van der Waals surface area (Å²) in [6.07, 6.45) is 6.99. The summed E-state index contributed by atoms with van der Waals surface area (Å²) >= 11 is 5.02. The molecule has 0 aliphatic carbocycles. The molecule has 1 amide bonds. The fourth-order valence-corrected chi connectivity index (χ4v) is 3.58. The molecule has 22 heavy (non-hydrogen) atoms. The Bertz CT molecular complexity index is 665. The third-order valence-electron chi connectivity index (χ3n) is 3.41. The average molecular weight is 379 g/mol. The average Bonchev–Trinajstić information content (AvgIpc) is 2.99. The zero-order valence-electron chi connectivity index (χ0n) is 11.9. The molecule has 0 spiro atoms. The Morgan fingerprint density at radius 1 is 1.18 bits per heavy atom. The quantitative estimate of drug-likeness (QED) is 0.770. The SMILES string of the molecule is O=C(/C=C/c1ccc(Br)s1)N1CCN(c2ncccn2)CC1. The van der Waals surface area contributed by atoms with E-state index in [-0.39, 0.29) is 5.91 Å². The molecule has 2 aromatic rings. The molecule has 3 heterocycles. The molecule has 114 valence electrons. The molecule has 1 saturated heterocycles. The van der Waals surface area contributed by atoms with Gasteiger partial charge in [-0.1, -0.05) is 0 Å². The summed E-state index contributed by atoms with van der Waals surface area (Å²) in [5.41, 5.74) is 0. The molecule has 1 aliphatic heterocycles. The van der Waals surface area contributed by atoms with Crippen LogP contribution in [0.5, 0.6) is 0 Å². The fraction of sp³-hybridized carbons (Fsp3) is 0.267. The van der Waals surface area contributed by atoms with Gasteiger partial charge in [0.2, 0.25) is 11.9 Å². The maximum atomic E-state index is 12.2. The molecule has 3 rings (SSSR count). The second-order valence-corrected chi connectivity index (χ2v) is 7.33. The second-order valence-electron chi connectivity index (χ2n) is 4.84. The first-order valence-electron chi connectivity index (χ1n) is 6.97. The molecule has 2 aromatic heterocycles. The lowest BCUT2D eigenvalue weighted by Crippen LogP contribution is -2.48. The number of amides is 1. The van der Waals surface area contributed by atoms with Gasteiger partial charge in [0.25, 0.3) is 0 Å². The highest BCUT2D eigenvalue weighted by Gasteiger charge is 2.20. The van der Waals surface area contributed by atoms with Crippen molar-refractivity contribution < 1.29 is 4.79 Å². The van der Waals surface area contributed by atoms with Gasteiger partial charge in [-0.25, -0.2) is 9.97 Å². The number of thiophene rings is 1. The fourth-order valence-electron chi connectivity index (χ4n) is 2.26. The summed E-state index contributed by atoms with van der Waals surface area (Å²) in [7, 11) is 0. The smallest absolute Gasteiger partial charge is 0.246 e. The van der Waals surface area contributed by atoms with E-state index in [1.54, 1.807) is 35.9 Å². The molecule has 0 atom stereocenters. The number of aromatic nitrogens is 2. The zero-order valence-corrected chi connectivity index (χ0v) is 14.3. The monoisotopic (exact) mass is 378 g/mol. The first kappa shape index (κ1) is 15.2. The minimum atomic E-state index is 0.0538. The molecule has 7 heteroatoms. The van der Waals surface area contributed by atoms with Crippen molar-refractivity contribution in [2.24, 2.45) is 0 Å². The van der Waals surface area contributed by atoms with Crippen LogP contribution in [0.15, 0.2) is 40.5 Å². The Balaban J connectivity index is 1.55. The first-order chi connectivity index (χ1) is 10.7. The van der Waals surface area contributed by atoms with Gasteiger partial charge < -0.3 is 9.80 Å². The number of rotatable bonds is 3. The van der Waals surface area contributed by atoms with Crippen LogP contribution in [-0.4, -0.2) is 47.0 Å². The van der Waals surface area contributed by atoms with E-state index in [0.717, 1.165) is 27.7 Å². The number of piperazine rings is 1. The summed E-state index contributed by atoms with van der Waals surface area (Å²) < 4.78 is 1.07. The number of carbonyl (C=O) groups excluding carboxylic acids is 1. The predicted octanol–water partition coefficient (Wildman–Crippen LogP) is 2.66. The standard InChI is InChI=1S/C15H15BrN4OS/c16-13-4-2-12(22-13)3-5-14(21)19-8-10-20(11-9-19)15-17-6-1-7-18-15/h1-7H,8-11H2/b5-3+. The molecular weight excluding hydrogens is 364 g/mol. The van der Waals surface area contributed by atoms with Crippen molar-refractivity contribution in [1.82, 2.24) is 14.9 Å².